The van der Waals surface area contributed by atoms with E-state index in [9.17, 15) is 22.8 Å². The zero-order chi connectivity index (χ0) is 25.0. The highest BCUT2D eigenvalue weighted by Crippen LogP contribution is 2.30. The van der Waals surface area contributed by atoms with E-state index in [0.29, 0.717) is 29.9 Å². The van der Waals surface area contributed by atoms with Crippen molar-refractivity contribution in [2.75, 3.05) is 32.1 Å². The van der Waals surface area contributed by atoms with E-state index < -0.39 is 28.5 Å². The number of esters is 1. The molecule has 3 rings (SSSR count). The van der Waals surface area contributed by atoms with E-state index in [2.05, 4.69) is 10.3 Å². The first kappa shape index (κ1) is 25.4. The van der Waals surface area contributed by atoms with Crippen LogP contribution in [0.5, 0.6) is 5.75 Å². The molecule has 0 unspecified atom stereocenters. The predicted molar refractivity (Wildman–Crippen MR) is 125 cm³/mol. The van der Waals surface area contributed by atoms with E-state index in [1.54, 1.807) is 13.8 Å². The molecule has 0 spiro atoms. The SMILES string of the molecule is COc1ccc(S(=O)(=O)N2CCCCC2)cc1NC(=O)COC(=O)c1[nH]c(C)c(C(C)=O)c1C. The number of hydrogen-bond donors (Lipinski definition) is 2. The molecule has 1 amide bonds. The average molecular weight is 492 g/mol. The Hall–Kier alpha value is -3.18. The van der Waals surface area contributed by atoms with Crippen LogP contribution in [0.3, 0.4) is 0 Å². The first-order valence-corrected chi connectivity index (χ1v) is 12.4. The number of methoxy groups -OCH3 is 1. The molecule has 1 saturated heterocycles. The van der Waals surface area contributed by atoms with Gasteiger partial charge in [-0.15, -0.1) is 0 Å². The van der Waals surface area contributed by atoms with Crippen molar-refractivity contribution in [3.63, 3.8) is 0 Å². The van der Waals surface area contributed by atoms with Crippen molar-refractivity contribution in [3.8, 4) is 5.75 Å². The molecule has 2 heterocycles. The Morgan fingerprint density at radius 2 is 1.79 bits per heavy atom. The van der Waals surface area contributed by atoms with Crippen LogP contribution in [-0.4, -0.2) is 62.2 Å². The second kappa shape index (κ2) is 10.4. The van der Waals surface area contributed by atoms with Crippen LogP contribution in [0.2, 0.25) is 0 Å². The van der Waals surface area contributed by atoms with Crippen LogP contribution < -0.4 is 10.1 Å². The summed E-state index contributed by atoms with van der Waals surface area (Å²) in [4.78, 5) is 39.5. The predicted octanol–water partition coefficient (Wildman–Crippen LogP) is 2.81. The number of sulfonamides is 1. The number of rotatable bonds is 8. The van der Waals surface area contributed by atoms with Gasteiger partial charge in [0.25, 0.3) is 5.91 Å². The molecular formula is C23H29N3O7S. The van der Waals surface area contributed by atoms with Crippen molar-refractivity contribution in [2.24, 2.45) is 0 Å². The van der Waals surface area contributed by atoms with Gasteiger partial charge in [0.05, 0.1) is 17.7 Å². The first-order chi connectivity index (χ1) is 16.1. The standard InChI is InChI=1S/C23H29N3O7S/c1-14-21(16(3)27)15(2)24-22(14)23(29)33-13-20(28)25-18-12-17(8-9-19(18)32-4)34(30,31)26-10-6-5-7-11-26/h8-9,12,24H,5-7,10-11,13H2,1-4H3,(H,25,28). The largest absolute Gasteiger partial charge is 0.495 e. The molecule has 1 aromatic heterocycles. The van der Waals surface area contributed by atoms with Gasteiger partial charge in [-0.1, -0.05) is 6.42 Å². The lowest BCUT2D eigenvalue weighted by Crippen LogP contribution is -2.35. The minimum absolute atomic E-state index is 0.0387. The second-order valence-corrected chi connectivity index (χ2v) is 10.1. The summed E-state index contributed by atoms with van der Waals surface area (Å²) >= 11 is 0. The smallest absolute Gasteiger partial charge is 0.355 e. The van der Waals surface area contributed by atoms with Gasteiger partial charge in [0.15, 0.2) is 12.4 Å². The van der Waals surface area contributed by atoms with Gasteiger partial charge in [-0.3, -0.25) is 9.59 Å². The number of Topliss-reactive ketones (excluding diaryl/α,β-unsaturated/α-hetero) is 1. The Balaban J connectivity index is 1.72. The fourth-order valence-corrected chi connectivity index (χ4v) is 5.62. The van der Waals surface area contributed by atoms with E-state index >= 15 is 0 Å². The average Bonchev–Trinajstić information content (AvgIpc) is 3.12. The van der Waals surface area contributed by atoms with Crippen molar-refractivity contribution in [3.05, 3.63) is 40.7 Å². The fourth-order valence-electron chi connectivity index (χ4n) is 4.07. The maximum atomic E-state index is 13.0. The number of nitrogens with one attached hydrogen (secondary N) is 2. The Kier molecular flexibility index (Phi) is 7.78. The first-order valence-electron chi connectivity index (χ1n) is 10.9. The molecule has 0 atom stereocenters. The van der Waals surface area contributed by atoms with Crippen LogP contribution in [-0.2, 0) is 19.6 Å². The van der Waals surface area contributed by atoms with Crippen LogP contribution in [0.1, 0.15) is 58.3 Å². The molecule has 1 aliphatic heterocycles. The van der Waals surface area contributed by atoms with E-state index in [-0.39, 0.29) is 27.8 Å². The van der Waals surface area contributed by atoms with Crippen LogP contribution >= 0.6 is 0 Å². The quantitative estimate of drug-likeness (QED) is 0.428. The number of hydrogen-bond acceptors (Lipinski definition) is 7. The van der Waals surface area contributed by atoms with Crippen molar-refractivity contribution < 1.29 is 32.3 Å². The monoisotopic (exact) mass is 491 g/mol. The summed E-state index contributed by atoms with van der Waals surface area (Å²) in [7, 11) is -2.32. The Labute approximate surface area is 198 Å². The normalized spacial score (nSPS) is 14.5. The van der Waals surface area contributed by atoms with Crippen LogP contribution in [0.15, 0.2) is 23.1 Å². The topological polar surface area (TPSA) is 135 Å². The highest BCUT2D eigenvalue weighted by atomic mass is 32.2. The van der Waals surface area contributed by atoms with Gasteiger partial charge in [-0.05, 0) is 57.4 Å². The van der Waals surface area contributed by atoms with Crippen molar-refractivity contribution in [1.82, 2.24) is 9.29 Å². The van der Waals surface area contributed by atoms with Gasteiger partial charge in [0.2, 0.25) is 10.0 Å². The van der Waals surface area contributed by atoms with Gasteiger partial charge in [0, 0.05) is 24.3 Å². The molecular weight excluding hydrogens is 462 g/mol. The number of nitrogens with zero attached hydrogens (tertiary/aromatic N) is 1. The number of amides is 1. The van der Waals surface area contributed by atoms with Gasteiger partial charge in [0.1, 0.15) is 11.4 Å². The summed E-state index contributed by atoms with van der Waals surface area (Å²) in [5, 5.41) is 2.54. The number of piperidine rings is 1. The lowest BCUT2D eigenvalue weighted by atomic mass is 10.1. The van der Waals surface area contributed by atoms with E-state index in [4.69, 9.17) is 9.47 Å². The van der Waals surface area contributed by atoms with Crippen molar-refractivity contribution in [2.45, 2.75) is 44.9 Å². The van der Waals surface area contributed by atoms with Gasteiger partial charge < -0.3 is 19.8 Å². The summed E-state index contributed by atoms with van der Waals surface area (Å²) < 4.78 is 37.7. The van der Waals surface area contributed by atoms with E-state index in [1.165, 1.54) is 36.5 Å². The summed E-state index contributed by atoms with van der Waals surface area (Å²) in [6, 6.07) is 4.23. The summed E-state index contributed by atoms with van der Waals surface area (Å²) in [5.41, 5.74) is 1.65. The molecule has 2 N–H and O–H groups in total. The second-order valence-electron chi connectivity index (χ2n) is 8.13. The Morgan fingerprint density at radius 1 is 1.12 bits per heavy atom. The van der Waals surface area contributed by atoms with Crippen LogP contribution in [0, 0.1) is 13.8 Å². The highest BCUT2D eigenvalue weighted by molar-refractivity contribution is 7.89. The minimum Gasteiger partial charge on any atom is -0.495 e. The van der Waals surface area contributed by atoms with Gasteiger partial charge in [-0.2, -0.15) is 4.31 Å². The third-order valence-electron chi connectivity index (χ3n) is 5.73. The van der Waals surface area contributed by atoms with Crippen molar-refractivity contribution >= 4 is 33.4 Å². The molecule has 2 aromatic rings. The molecule has 1 aliphatic rings. The molecule has 1 fully saturated rings. The zero-order valence-electron chi connectivity index (χ0n) is 19.7. The molecule has 0 radical (unpaired) electrons. The molecule has 11 heteroatoms. The number of aromatic amines is 1. The lowest BCUT2D eigenvalue weighted by Gasteiger charge is -2.26. The molecule has 0 bridgehead atoms. The van der Waals surface area contributed by atoms with E-state index in [1.807, 2.05) is 0 Å². The third-order valence-corrected chi connectivity index (χ3v) is 7.62. The maximum Gasteiger partial charge on any atom is 0.355 e. The minimum atomic E-state index is -3.71. The number of aromatic nitrogens is 1. The van der Waals surface area contributed by atoms with Gasteiger partial charge in [-0.25, -0.2) is 13.2 Å². The highest BCUT2D eigenvalue weighted by Gasteiger charge is 2.27. The fraction of sp³-hybridized carbons (Fsp3) is 0.435. The molecule has 184 valence electrons. The van der Waals surface area contributed by atoms with Gasteiger partial charge >= 0.3 is 5.97 Å². The third kappa shape index (κ3) is 5.31. The number of ketones is 1. The molecule has 1 aromatic carbocycles. The number of aryl methyl sites for hydroxylation is 1. The molecule has 0 saturated carbocycles. The summed E-state index contributed by atoms with van der Waals surface area (Å²) in [5.74, 6) is -1.38. The number of anilines is 1. The lowest BCUT2D eigenvalue weighted by molar-refractivity contribution is -0.119. The molecule has 10 nitrogen and oxygen atoms in total. The molecule has 0 aliphatic carbocycles. The maximum absolute atomic E-state index is 13.0. The number of ether oxygens (including phenoxy) is 2. The summed E-state index contributed by atoms with van der Waals surface area (Å²) in [6.07, 6.45) is 2.60. The number of benzene rings is 1. The Morgan fingerprint density at radius 3 is 2.38 bits per heavy atom. The zero-order valence-corrected chi connectivity index (χ0v) is 20.5. The van der Waals surface area contributed by atoms with Crippen LogP contribution in [0.4, 0.5) is 5.69 Å². The number of H-pyrrole nitrogens is 1. The Bertz CT molecular complexity index is 1210. The number of carbonyl (C=O) groups excluding carboxylic acids is 3. The molecule has 34 heavy (non-hydrogen) atoms. The number of carbonyl (C=O) groups is 3. The summed E-state index contributed by atoms with van der Waals surface area (Å²) in [6.45, 7) is 4.99. The van der Waals surface area contributed by atoms with Crippen LogP contribution in [0.25, 0.3) is 0 Å². The van der Waals surface area contributed by atoms with E-state index in [0.717, 1.165) is 19.3 Å². The van der Waals surface area contributed by atoms with Crippen molar-refractivity contribution in [1.29, 1.82) is 0 Å².